The van der Waals surface area contributed by atoms with Crippen molar-refractivity contribution in [1.29, 1.82) is 0 Å². The summed E-state index contributed by atoms with van der Waals surface area (Å²) in [5, 5.41) is 31.3. The highest BCUT2D eigenvalue weighted by atomic mass is 16.6. The van der Waals surface area contributed by atoms with E-state index in [-0.39, 0.29) is 51.9 Å². The maximum atomic E-state index is 13.3. The first-order valence-electron chi connectivity index (χ1n) is 11.4. The molecule has 0 saturated carbocycles. The third kappa shape index (κ3) is 4.17. The summed E-state index contributed by atoms with van der Waals surface area (Å²) in [7, 11) is 0. The number of esters is 1. The van der Waals surface area contributed by atoms with Gasteiger partial charge in [0.05, 0.1) is 17.7 Å². The molecule has 2 aliphatic heterocycles. The number of hydrogen-bond donors (Lipinski definition) is 3. The van der Waals surface area contributed by atoms with Crippen molar-refractivity contribution in [3.8, 4) is 28.7 Å². The molecule has 0 unspecified atom stereocenters. The second-order valence-electron chi connectivity index (χ2n) is 8.65. The van der Waals surface area contributed by atoms with Crippen LogP contribution in [0.5, 0.6) is 28.7 Å². The fraction of sp³-hybridized carbons (Fsp3) is 0.440. The Morgan fingerprint density at radius 1 is 1.06 bits per heavy atom. The van der Waals surface area contributed by atoms with Crippen LogP contribution in [-0.4, -0.2) is 51.9 Å². The Morgan fingerprint density at radius 2 is 1.76 bits per heavy atom. The number of aryl methyl sites for hydroxylation is 1. The van der Waals surface area contributed by atoms with Crippen LogP contribution >= 0.6 is 0 Å². The Morgan fingerprint density at radius 3 is 2.41 bits per heavy atom. The number of carboxylic acids is 1. The van der Waals surface area contributed by atoms with E-state index in [0.29, 0.717) is 24.3 Å². The van der Waals surface area contributed by atoms with Gasteiger partial charge < -0.3 is 29.5 Å². The molecule has 2 aromatic rings. The molecule has 0 aliphatic carbocycles. The zero-order chi connectivity index (χ0) is 24.6. The molecule has 1 saturated heterocycles. The number of likely N-dealkylation sites (tertiary alicyclic amines) is 1. The Labute approximate surface area is 197 Å². The summed E-state index contributed by atoms with van der Waals surface area (Å²) in [6.07, 6.45) is 3.23. The standard InChI is InChI=1S/C25H29NO8/c1-4-32-12-16-20(28)19(24(29)30)14(3)21-23(16)34-25(31)18-13(2)10-17(27)15(22(18)33-21)11-26-8-6-5-7-9-26/h10,27-28H,4-9,11-12H2,1-3H3,(H,29,30). The van der Waals surface area contributed by atoms with Crippen LogP contribution < -0.4 is 9.47 Å². The number of phenols is 2. The van der Waals surface area contributed by atoms with E-state index in [2.05, 4.69) is 4.90 Å². The third-order valence-electron chi connectivity index (χ3n) is 6.37. The summed E-state index contributed by atoms with van der Waals surface area (Å²) >= 11 is 0. The van der Waals surface area contributed by atoms with Gasteiger partial charge in [-0.25, -0.2) is 9.59 Å². The maximum Gasteiger partial charge on any atom is 0.347 e. The molecule has 0 amide bonds. The topological polar surface area (TPSA) is 126 Å². The Kier molecular flexibility index (Phi) is 6.67. The molecule has 1 fully saturated rings. The maximum absolute atomic E-state index is 13.3. The Hall–Kier alpha value is -3.30. The molecule has 2 heterocycles. The van der Waals surface area contributed by atoms with Gasteiger partial charge in [-0.05, 0) is 58.3 Å². The number of aromatic hydroxyl groups is 2. The summed E-state index contributed by atoms with van der Waals surface area (Å²) in [5.41, 5.74) is 0.801. The number of nitrogens with zero attached hydrogens (tertiary/aromatic N) is 1. The Balaban J connectivity index is 1.93. The van der Waals surface area contributed by atoms with Gasteiger partial charge in [0, 0.05) is 18.7 Å². The molecular weight excluding hydrogens is 442 g/mol. The number of hydrogen-bond acceptors (Lipinski definition) is 8. The van der Waals surface area contributed by atoms with Gasteiger partial charge in [0.15, 0.2) is 17.2 Å². The van der Waals surface area contributed by atoms with E-state index in [1.807, 2.05) is 0 Å². The lowest BCUT2D eigenvalue weighted by molar-refractivity contribution is 0.0691. The van der Waals surface area contributed by atoms with E-state index in [9.17, 15) is 24.9 Å². The van der Waals surface area contributed by atoms with Gasteiger partial charge in [-0.15, -0.1) is 0 Å². The van der Waals surface area contributed by atoms with Gasteiger partial charge >= 0.3 is 11.9 Å². The van der Waals surface area contributed by atoms with Crippen molar-refractivity contribution in [2.24, 2.45) is 0 Å². The normalized spacial score (nSPS) is 15.7. The highest BCUT2D eigenvalue weighted by Gasteiger charge is 2.35. The number of piperidine rings is 1. The van der Waals surface area contributed by atoms with Crippen molar-refractivity contribution >= 4 is 11.9 Å². The molecule has 182 valence electrons. The molecule has 0 spiro atoms. The van der Waals surface area contributed by atoms with Crippen molar-refractivity contribution in [2.45, 2.75) is 53.2 Å². The van der Waals surface area contributed by atoms with Crippen molar-refractivity contribution < 1.29 is 39.1 Å². The minimum atomic E-state index is -1.35. The third-order valence-corrected chi connectivity index (χ3v) is 6.37. The SMILES string of the molecule is CCOCc1c(O)c(C(=O)O)c(C)c2c1OC(=O)c1c(C)cc(O)c(CN3CCCCC3)c1O2. The molecule has 34 heavy (non-hydrogen) atoms. The first-order chi connectivity index (χ1) is 16.2. The summed E-state index contributed by atoms with van der Waals surface area (Å²) in [5.74, 6) is -2.56. The molecule has 3 N–H and O–H groups in total. The fourth-order valence-electron chi connectivity index (χ4n) is 4.60. The predicted molar refractivity (Wildman–Crippen MR) is 122 cm³/mol. The van der Waals surface area contributed by atoms with Crippen LogP contribution in [0.2, 0.25) is 0 Å². The molecule has 0 atom stereocenters. The number of aromatic carboxylic acids is 1. The number of fused-ring (bicyclic) bond motifs is 2. The lowest BCUT2D eigenvalue weighted by Crippen LogP contribution is -2.29. The average Bonchev–Trinajstić information content (AvgIpc) is 2.94. The molecule has 2 aromatic carbocycles. The number of ether oxygens (including phenoxy) is 3. The number of rotatable bonds is 6. The van der Waals surface area contributed by atoms with E-state index in [4.69, 9.17) is 14.2 Å². The second-order valence-corrected chi connectivity index (χ2v) is 8.65. The molecule has 4 rings (SSSR count). The monoisotopic (exact) mass is 471 g/mol. The van der Waals surface area contributed by atoms with Crippen LogP contribution in [0.3, 0.4) is 0 Å². The highest BCUT2D eigenvalue weighted by Crippen LogP contribution is 2.50. The van der Waals surface area contributed by atoms with Crippen molar-refractivity contribution in [2.75, 3.05) is 19.7 Å². The predicted octanol–water partition coefficient (Wildman–Crippen LogP) is 4.26. The van der Waals surface area contributed by atoms with E-state index in [1.165, 1.54) is 13.0 Å². The van der Waals surface area contributed by atoms with E-state index in [1.54, 1.807) is 13.8 Å². The largest absolute Gasteiger partial charge is 0.507 e. The average molecular weight is 472 g/mol. The van der Waals surface area contributed by atoms with Crippen molar-refractivity contribution in [3.63, 3.8) is 0 Å². The van der Waals surface area contributed by atoms with Crippen molar-refractivity contribution in [1.82, 2.24) is 4.90 Å². The summed E-state index contributed by atoms with van der Waals surface area (Å²) < 4.78 is 17.3. The molecule has 2 aliphatic rings. The lowest BCUT2D eigenvalue weighted by Gasteiger charge is -2.28. The molecule has 9 nitrogen and oxygen atoms in total. The Bertz CT molecular complexity index is 1150. The van der Waals surface area contributed by atoms with Crippen LogP contribution in [0.15, 0.2) is 6.07 Å². The van der Waals surface area contributed by atoms with Gasteiger partial charge in [-0.3, -0.25) is 4.90 Å². The van der Waals surface area contributed by atoms with Gasteiger partial charge in [0.2, 0.25) is 0 Å². The van der Waals surface area contributed by atoms with Gasteiger partial charge in [0.25, 0.3) is 0 Å². The molecule has 0 aromatic heterocycles. The highest BCUT2D eigenvalue weighted by molar-refractivity contribution is 6.00. The number of phenolic OH excluding ortho intramolecular Hbond substituents is 1. The van der Waals surface area contributed by atoms with Gasteiger partial charge in [-0.1, -0.05) is 6.42 Å². The first kappa shape index (κ1) is 23.8. The quantitative estimate of drug-likeness (QED) is 0.418. The first-order valence-corrected chi connectivity index (χ1v) is 11.4. The molecule has 9 heteroatoms. The number of carbonyl (C=O) groups excluding carboxylic acids is 1. The smallest absolute Gasteiger partial charge is 0.347 e. The molecule has 0 bridgehead atoms. The van der Waals surface area contributed by atoms with E-state index >= 15 is 0 Å². The van der Waals surface area contributed by atoms with Gasteiger partial charge in [0.1, 0.15) is 22.6 Å². The molecule has 0 radical (unpaired) electrons. The second kappa shape index (κ2) is 9.52. The number of carboxylic acid groups (broad SMARTS) is 1. The number of benzene rings is 2. The summed E-state index contributed by atoms with van der Waals surface area (Å²) in [6, 6.07) is 1.51. The zero-order valence-electron chi connectivity index (χ0n) is 19.6. The minimum Gasteiger partial charge on any atom is -0.507 e. The lowest BCUT2D eigenvalue weighted by atomic mass is 10.00. The summed E-state index contributed by atoms with van der Waals surface area (Å²) in [6.45, 7) is 7.10. The minimum absolute atomic E-state index is 0.00176. The zero-order valence-corrected chi connectivity index (χ0v) is 19.6. The van der Waals surface area contributed by atoms with Crippen LogP contribution in [0, 0.1) is 13.8 Å². The van der Waals surface area contributed by atoms with E-state index in [0.717, 1.165) is 32.4 Å². The van der Waals surface area contributed by atoms with Gasteiger partial charge in [-0.2, -0.15) is 0 Å². The van der Waals surface area contributed by atoms with Crippen LogP contribution in [0.1, 0.15) is 69.2 Å². The van der Waals surface area contributed by atoms with E-state index < -0.39 is 17.7 Å². The fourth-order valence-corrected chi connectivity index (χ4v) is 4.60. The molecular formula is C25H29NO8. The van der Waals surface area contributed by atoms with Crippen LogP contribution in [-0.2, 0) is 17.9 Å². The number of carbonyl (C=O) groups is 2. The van der Waals surface area contributed by atoms with Crippen LogP contribution in [0.4, 0.5) is 0 Å². The summed E-state index contributed by atoms with van der Waals surface area (Å²) in [4.78, 5) is 27.4. The van der Waals surface area contributed by atoms with Crippen molar-refractivity contribution in [3.05, 3.63) is 39.4 Å². The van der Waals surface area contributed by atoms with Crippen LogP contribution in [0.25, 0.3) is 0 Å².